The third kappa shape index (κ3) is 2.52. The van der Waals surface area contributed by atoms with Crippen molar-refractivity contribution in [2.45, 2.75) is 25.7 Å². The van der Waals surface area contributed by atoms with Gasteiger partial charge in [0, 0.05) is 5.25 Å². The smallest absolute Gasteiger partial charge is 0.210 e. The SMILES string of the molecule is FC(F)CS[C]1CCC1. The van der Waals surface area contributed by atoms with Crippen molar-refractivity contribution in [2.24, 2.45) is 0 Å². The van der Waals surface area contributed by atoms with E-state index in [0.717, 1.165) is 12.8 Å². The van der Waals surface area contributed by atoms with E-state index in [1.807, 2.05) is 0 Å². The second-order valence-corrected chi connectivity index (χ2v) is 3.29. The third-order valence-corrected chi connectivity index (χ3v) is 2.56. The van der Waals surface area contributed by atoms with Crippen LogP contribution in [0.1, 0.15) is 19.3 Å². The first-order chi connectivity index (χ1) is 4.29. The van der Waals surface area contributed by atoms with Crippen molar-refractivity contribution in [1.82, 2.24) is 0 Å². The average molecular weight is 151 g/mol. The molecule has 1 radical (unpaired) electrons. The molecule has 0 atom stereocenters. The lowest BCUT2D eigenvalue weighted by molar-refractivity contribution is 0.176. The summed E-state index contributed by atoms with van der Waals surface area (Å²) in [5.41, 5.74) is 0. The minimum atomic E-state index is -2.14. The first-order valence-electron chi connectivity index (χ1n) is 3.04. The highest BCUT2D eigenvalue weighted by atomic mass is 32.2. The Bertz CT molecular complexity index is 81.1. The summed E-state index contributed by atoms with van der Waals surface area (Å²) in [6, 6.07) is 0. The van der Waals surface area contributed by atoms with Crippen molar-refractivity contribution in [3.63, 3.8) is 0 Å². The van der Waals surface area contributed by atoms with Gasteiger partial charge in [-0.1, -0.05) is 6.42 Å². The fraction of sp³-hybridized carbons (Fsp3) is 0.833. The van der Waals surface area contributed by atoms with Crippen LogP contribution >= 0.6 is 11.8 Å². The first-order valence-corrected chi connectivity index (χ1v) is 4.03. The monoisotopic (exact) mass is 151 g/mol. The maximum absolute atomic E-state index is 11.5. The summed E-state index contributed by atoms with van der Waals surface area (Å²) in [5, 5.41) is 1.26. The lowest BCUT2D eigenvalue weighted by atomic mass is 10.0. The van der Waals surface area contributed by atoms with E-state index in [1.54, 1.807) is 0 Å². The van der Waals surface area contributed by atoms with Gasteiger partial charge in [0.25, 0.3) is 0 Å². The number of halogens is 2. The zero-order valence-electron chi connectivity index (χ0n) is 5.07. The van der Waals surface area contributed by atoms with Crippen LogP contribution in [0.2, 0.25) is 0 Å². The number of rotatable bonds is 3. The molecule has 3 heteroatoms. The Morgan fingerprint density at radius 2 is 2.11 bits per heavy atom. The Morgan fingerprint density at radius 3 is 2.44 bits per heavy atom. The van der Waals surface area contributed by atoms with Crippen molar-refractivity contribution in [1.29, 1.82) is 0 Å². The molecule has 0 aliphatic heterocycles. The van der Waals surface area contributed by atoms with Gasteiger partial charge in [-0.25, -0.2) is 8.78 Å². The summed E-state index contributed by atoms with van der Waals surface area (Å²) < 4.78 is 23.0. The highest BCUT2D eigenvalue weighted by Gasteiger charge is 2.19. The van der Waals surface area contributed by atoms with E-state index in [1.165, 1.54) is 23.4 Å². The second-order valence-electron chi connectivity index (χ2n) is 2.09. The third-order valence-electron chi connectivity index (χ3n) is 1.32. The van der Waals surface area contributed by atoms with Crippen molar-refractivity contribution >= 4 is 11.8 Å². The highest BCUT2D eigenvalue weighted by molar-refractivity contribution is 8.02. The molecule has 0 heterocycles. The van der Waals surface area contributed by atoms with Gasteiger partial charge >= 0.3 is 0 Å². The predicted molar refractivity (Wildman–Crippen MR) is 35.6 cm³/mol. The zero-order valence-corrected chi connectivity index (χ0v) is 5.89. The Morgan fingerprint density at radius 1 is 1.44 bits per heavy atom. The van der Waals surface area contributed by atoms with E-state index < -0.39 is 6.43 Å². The summed E-state index contributed by atoms with van der Waals surface area (Å²) in [6.45, 7) is 0. The molecule has 1 fully saturated rings. The first kappa shape index (κ1) is 7.32. The second kappa shape index (κ2) is 3.40. The summed E-state index contributed by atoms with van der Waals surface area (Å²) in [4.78, 5) is 0. The summed E-state index contributed by atoms with van der Waals surface area (Å²) >= 11 is 1.34. The number of thioether (sulfide) groups is 1. The topological polar surface area (TPSA) is 0 Å². The van der Waals surface area contributed by atoms with E-state index >= 15 is 0 Å². The van der Waals surface area contributed by atoms with Gasteiger partial charge in [0.05, 0.1) is 5.75 Å². The maximum atomic E-state index is 11.5. The van der Waals surface area contributed by atoms with E-state index in [2.05, 4.69) is 0 Å². The molecular weight excluding hydrogens is 142 g/mol. The Balaban J connectivity index is 1.91. The highest BCUT2D eigenvalue weighted by Crippen LogP contribution is 2.39. The Labute approximate surface area is 58.0 Å². The van der Waals surface area contributed by atoms with Crippen LogP contribution in [-0.4, -0.2) is 12.2 Å². The minimum absolute atomic E-state index is 0.00463. The van der Waals surface area contributed by atoms with Crippen LogP contribution in [-0.2, 0) is 0 Å². The standard InChI is InChI=1S/C6H9F2S/c7-6(8)4-9-5-2-1-3-5/h6H,1-4H2. The molecule has 0 amide bonds. The van der Waals surface area contributed by atoms with Gasteiger partial charge < -0.3 is 0 Å². The number of alkyl halides is 2. The normalized spacial score (nSPS) is 20.3. The molecule has 0 bridgehead atoms. The van der Waals surface area contributed by atoms with Gasteiger partial charge in [0.2, 0.25) is 6.43 Å². The van der Waals surface area contributed by atoms with Crippen LogP contribution < -0.4 is 0 Å². The van der Waals surface area contributed by atoms with Crippen molar-refractivity contribution in [3.05, 3.63) is 5.25 Å². The summed E-state index contributed by atoms with van der Waals surface area (Å²) in [6.07, 6.45) is 1.20. The van der Waals surface area contributed by atoms with Gasteiger partial charge in [0.1, 0.15) is 0 Å². The largest absolute Gasteiger partial charge is 0.247 e. The van der Waals surface area contributed by atoms with E-state index in [0.29, 0.717) is 0 Å². The fourth-order valence-corrected chi connectivity index (χ4v) is 1.59. The molecule has 1 aliphatic rings. The van der Waals surface area contributed by atoms with Gasteiger partial charge in [-0.3, -0.25) is 0 Å². The maximum Gasteiger partial charge on any atom is 0.247 e. The molecule has 0 nitrogen and oxygen atoms in total. The zero-order chi connectivity index (χ0) is 6.69. The van der Waals surface area contributed by atoms with Gasteiger partial charge in [-0.15, -0.1) is 11.8 Å². The Hall–Kier alpha value is 0.210. The summed E-state index contributed by atoms with van der Waals surface area (Å²) in [5.74, 6) is -0.00463. The van der Waals surface area contributed by atoms with Gasteiger partial charge in [-0.2, -0.15) is 0 Å². The molecule has 0 saturated heterocycles. The van der Waals surface area contributed by atoms with Crippen molar-refractivity contribution in [3.8, 4) is 0 Å². The van der Waals surface area contributed by atoms with E-state index in [9.17, 15) is 8.78 Å². The molecule has 0 aromatic heterocycles. The van der Waals surface area contributed by atoms with E-state index in [4.69, 9.17) is 0 Å². The predicted octanol–water partition coefficient (Wildman–Crippen LogP) is 2.70. The Kier molecular flexibility index (Phi) is 2.76. The summed E-state index contributed by atoms with van der Waals surface area (Å²) in [7, 11) is 0. The van der Waals surface area contributed by atoms with E-state index in [-0.39, 0.29) is 5.75 Å². The molecule has 0 aromatic carbocycles. The average Bonchev–Trinajstić information content (AvgIpc) is 1.60. The number of hydrogen-bond acceptors (Lipinski definition) is 1. The molecule has 9 heavy (non-hydrogen) atoms. The van der Waals surface area contributed by atoms with Gasteiger partial charge in [0.15, 0.2) is 0 Å². The molecule has 1 saturated carbocycles. The van der Waals surface area contributed by atoms with Crippen molar-refractivity contribution < 1.29 is 8.78 Å². The molecule has 1 aliphatic carbocycles. The molecule has 0 spiro atoms. The fourth-order valence-electron chi connectivity index (χ4n) is 0.646. The molecule has 0 N–H and O–H groups in total. The van der Waals surface area contributed by atoms with Crippen LogP contribution in [0.4, 0.5) is 8.78 Å². The lowest BCUT2D eigenvalue weighted by Gasteiger charge is -2.23. The molecule has 0 aromatic rings. The van der Waals surface area contributed by atoms with Crippen LogP contribution in [0.5, 0.6) is 0 Å². The lowest BCUT2D eigenvalue weighted by Crippen LogP contribution is -2.07. The number of hydrogen-bond donors (Lipinski definition) is 0. The van der Waals surface area contributed by atoms with Crippen molar-refractivity contribution in [2.75, 3.05) is 5.75 Å². The molecule has 1 rings (SSSR count). The van der Waals surface area contributed by atoms with Crippen LogP contribution in [0.3, 0.4) is 0 Å². The van der Waals surface area contributed by atoms with Gasteiger partial charge in [-0.05, 0) is 12.8 Å². The van der Waals surface area contributed by atoms with Crippen LogP contribution in [0.15, 0.2) is 0 Å². The minimum Gasteiger partial charge on any atom is -0.210 e. The quantitative estimate of drug-likeness (QED) is 0.597. The molecule has 0 unspecified atom stereocenters. The molecular formula is C6H9F2S. The van der Waals surface area contributed by atoms with Crippen LogP contribution in [0.25, 0.3) is 0 Å². The molecule has 53 valence electrons. The van der Waals surface area contributed by atoms with Crippen LogP contribution in [0, 0.1) is 5.25 Å².